The van der Waals surface area contributed by atoms with E-state index in [4.69, 9.17) is 0 Å². The molecule has 2 N–H and O–H groups in total. The highest BCUT2D eigenvalue weighted by Crippen LogP contribution is 2.58. The first kappa shape index (κ1) is 12.8. The average Bonchev–Trinajstić information content (AvgIpc) is 3.02. The van der Waals surface area contributed by atoms with Crippen LogP contribution in [-0.2, 0) is 18.3 Å². The molecule has 2 nitrogen and oxygen atoms in total. The van der Waals surface area contributed by atoms with Crippen molar-refractivity contribution in [2.45, 2.75) is 44.9 Å². The average molecular weight is 280 g/mol. The van der Waals surface area contributed by atoms with Crippen LogP contribution in [0.25, 0.3) is 0 Å². The molecule has 4 rings (SSSR count). The molecule has 0 atom stereocenters. The third-order valence-electron chi connectivity index (χ3n) is 5.53. The second kappa shape index (κ2) is 4.03. The summed E-state index contributed by atoms with van der Waals surface area (Å²) in [6, 6.07) is 8.28. The number of aromatic hydroxyl groups is 2. The van der Waals surface area contributed by atoms with Gasteiger partial charge in [0.2, 0.25) is 0 Å². The molecule has 0 amide bonds. The highest BCUT2D eigenvalue weighted by molar-refractivity contribution is 5.64. The van der Waals surface area contributed by atoms with Crippen molar-refractivity contribution < 1.29 is 10.2 Å². The number of phenols is 2. The predicted molar refractivity (Wildman–Crippen MR) is 83.1 cm³/mol. The molecule has 108 valence electrons. The van der Waals surface area contributed by atoms with E-state index in [2.05, 4.69) is 12.1 Å². The Balaban J connectivity index is 2.05. The fourth-order valence-electron chi connectivity index (χ4n) is 4.40. The number of hydrogen-bond donors (Lipinski definition) is 2. The van der Waals surface area contributed by atoms with Crippen LogP contribution in [0.5, 0.6) is 11.5 Å². The van der Waals surface area contributed by atoms with Gasteiger partial charge in [-0.2, -0.15) is 0 Å². The zero-order valence-corrected chi connectivity index (χ0v) is 12.5. The summed E-state index contributed by atoms with van der Waals surface area (Å²) in [4.78, 5) is 0. The number of hydrogen-bond acceptors (Lipinski definition) is 2. The molecule has 0 unspecified atom stereocenters. The zero-order chi connectivity index (χ0) is 14.8. The molecule has 0 radical (unpaired) electrons. The lowest BCUT2D eigenvalue weighted by Gasteiger charge is -2.29. The van der Waals surface area contributed by atoms with Crippen LogP contribution in [0, 0.1) is 13.8 Å². The van der Waals surface area contributed by atoms with Crippen LogP contribution in [0.2, 0.25) is 0 Å². The van der Waals surface area contributed by atoms with E-state index in [-0.39, 0.29) is 5.41 Å². The molecule has 21 heavy (non-hydrogen) atoms. The summed E-state index contributed by atoms with van der Waals surface area (Å²) in [5.74, 6) is 0.859. The molecule has 2 aromatic carbocycles. The predicted octanol–water partition coefficient (Wildman–Crippen LogP) is 3.89. The maximum absolute atomic E-state index is 10.6. The Labute approximate surface area is 125 Å². The van der Waals surface area contributed by atoms with Crippen molar-refractivity contribution in [1.82, 2.24) is 0 Å². The van der Waals surface area contributed by atoms with E-state index in [1.54, 1.807) is 0 Å². The normalized spacial score (nSPS) is 18.0. The number of aryl methyl sites for hydroxylation is 4. The van der Waals surface area contributed by atoms with Gasteiger partial charge in [0.25, 0.3) is 0 Å². The lowest BCUT2D eigenvalue weighted by atomic mass is 9.75. The minimum Gasteiger partial charge on any atom is -0.507 e. The van der Waals surface area contributed by atoms with Crippen molar-refractivity contribution in [1.29, 1.82) is 0 Å². The van der Waals surface area contributed by atoms with Gasteiger partial charge in [-0.15, -0.1) is 0 Å². The van der Waals surface area contributed by atoms with E-state index >= 15 is 0 Å². The Morgan fingerprint density at radius 3 is 1.62 bits per heavy atom. The molecule has 0 heterocycles. The van der Waals surface area contributed by atoms with Crippen LogP contribution in [0.4, 0.5) is 0 Å². The number of phenolic OH excluding ortho intramolecular Hbond substituents is 2. The third kappa shape index (κ3) is 1.48. The molecular formula is C19H20O2. The molecule has 2 aliphatic rings. The van der Waals surface area contributed by atoms with E-state index in [1.807, 2.05) is 26.0 Å². The van der Waals surface area contributed by atoms with Gasteiger partial charge in [-0.25, -0.2) is 0 Å². The van der Waals surface area contributed by atoms with Crippen LogP contribution >= 0.6 is 0 Å². The van der Waals surface area contributed by atoms with Crippen molar-refractivity contribution in [3.05, 3.63) is 57.6 Å². The lowest BCUT2D eigenvalue weighted by Crippen LogP contribution is -2.21. The van der Waals surface area contributed by atoms with Gasteiger partial charge in [0.05, 0.1) is 0 Å². The van der Waals surface area contributed by atoms with Gasteiger partial charge in [0, 0.05) is 16.5 Å². The minimum absolute atomic E-state index is 0.184. The molecule has 2 heteroatoms. The SMILES string of the molecule is Cc1ccc2c(c1O)C1(CC2)CCc2ccc(C)c(O)c21. The summed E-state index contributed by atoms with van der Waals surface area (Å²) in [5.41, 5.74) is 6.30. The fraction of sp³-hybridized carbons (Fsp3) is 0.368. The molecule has 1 spiro atoms. The summed E-state index contributed by atoms with van der Waals surface area (Å²) < 4.78 is 0. The van der Waals surface area contributed by atoms with Crippen molar-refractivity contribution in [3.63, 3.8) is 0 Å². The Morgan fingerprint density at radius 2 is 1.19 bits per heavy atom. The Morgan fingerprint density at radius 1 is 0.762 bits per heavy atom. The first-order valence-corrected chi connectivity index (χ1v) is 7.68. The fourth-order valence-corrected chi connectivity index (χ4v) is 4.40. The van der Waals surface area contributed by atoms with Gasteiger partial charge in [-0.3, -0.25) is 0 Å². The molecule has 2 aromatic rings. The zero-order valence-electron chi connectivity index (χ0n) is 12.5. The van der Waals surface area contributed by atoms with Crippen LogP contribution in [0.15, 0.2) is 24.3 Å². The summed E-state index contributed by atoms with van der Waals surface area (Å²) in [7, 11) is 0. The smallest absolute Gasteiger partial charge is 0.122 e. The molecular weight excluding hydrogens is 260 g/mol. The second-order valence-corrected chi connectivity index (χ2v) is 6.61. The molecule has 0 aliphatic heterocycles. The van der Waals surface area contributed by atoms with Gasteiger partial charge in [-0.05, 0) is 61.8 Å². The molecule has 0 saturated heterocycles. The van der Waals surface area contributed by atoms with Crippen molar-refractivity contribution in [2.24, 2.45) is 0 Å². The minimum atomic E-state index is -0.184. The maximum Gasteiger partial charge on any atom is 0.122 e. The highest BCUT2D eigenvalue weighted by Gasteiger charge is 2.48. The van der Waals surface area contributed by atoms with Crippen molar-refractivity contribution in [3.8, 4) is 11.5 Å². The van der Waals surface area contributed by atoms with Gasteiger partial charge >= 0.3 is 0 Å². The van der Waals surface area contributed by atoms with Crippen LogP contribution < -0.4 is 0 Å². The lowest BCUT2D eigenvalue weighted by molar-refractivity contribution is 0.413. The van der Waals surface area contributed by atoms with Gasteiger partial charge in [0.1, 0.15) is 11.5 Å². The number of benzene rings is 2. The van der Waals surface area contributed by atoms with E-state index in [1.165, 1.54) is 11.1 Å². The van der Waals surface area contributed by atoms with Crippen LogP contribution in [0.3, 0.4) is 0 Å². The van der Waals surface area contributed by atoms with Gasteiger partial charge < -0.3 is 10.2 Å². The van der Waals surface area contributed by atoms with Crippen LogP contribution in [-0.4, -0.2) is 10.2 Å². The Hall–Kier alpha value is -1.96. The summed E-state index contributed by atoms with van der Waals surface area (Å²) >= 11 is 0. The summed E-state index contributed by atoms with van der Waals surface area (Å²) in [5, 5.41) is 21.3. The topological polar surface area (TPSA) is 40.5 Å². The third-order valence-corrected chi connectivity index (χ3v) is 5.53. The van der Waals surface area contributed by atoms with Gasteiger partial charge in [0.15, 0.2) is 0 Å². The first-order chi connectivity index (χ1) is 10.0. The summed E-state index contributed by atoms with van der Waals surface area (Å²) in [6.45, 7) is 3.90. The van der Waals surface area contributed by atoms with Crippen molar-refractivity contribution >= 4 is 0 Å². The molecule has 2 aliphatic carbocycles. The maximum atomic E-state index is 10.6. The standard InChI is InChI=1S/C19H20O2/c1-11-3-5-13-7-9-19(15(13)17(11)20)10-8-14-6-4-12(2)18(21)16(14)19/h3-6,20-21H,7-10H2,1-2H3. The van der Waals surface area contributed by atoms with E-state index < -0.39 is 0 Å². The molecule has 0 aromatic heterocycles. The van der Waals surface area contributed by atoms with E-state index in [9.17, 15) is 10.2 Å². The summed E-state index contributed by atoms with van der Waals surface area (Å²) in [6.07, 6.45) is 3.94. The monoisotopic (exact) mass is 280 g/mol. The Bertz CT molecular complexity index is 693. The van der Waals surface area contributed by atoms with Gasteiger partial charge in [-0.1, -0.05) is 24.3 Å². The molecule has 0 saturated carbocycles. The number of fused-ring (bicyclic) bond motifs is 4. The largest absolute Gasteiger partial charge is 0.507 e. The number of rotatable bonds is 0. The molecule has 0 bridgehead atoms. The molecule has 0 fully saturated rings. The highest BCUT2D eigenvalue weighted by atomic mass is 16.3. The van der Waals surface area contributed by atoms with Crippen molar-refractivity contribution in [2.75, 3.05) is 0 Å². The second-order valence-electron chi connectivity index (χ2n) is 6.61. The first-order valence-electron chi connectivity index (χ1n) is 7.68. The Kier molecular flexibility index (Phi) is 2.45. The van der Waals surface area contributed by atoms with E-state index in [0.29, 0.717) is 11.5 Å². The quantitative estimate of drug-likeness (QED) is 0.768. The van der Waals surface area contributed by atoms with E-state index in [0.717, 1.165) is 47.9 Å². The van der Waals surface area contributed by atoms with Crippen LogP contribution in [0.1, 0.15) is 46.2 Å².